The molecule has 1 aliphatic heterocycles. The van der Waals surface area contributed by atoms with Gasteiger partial charge in [0.2, 0.25) is 11.8 Å². The molecule has 2 aliphatic rings. The first-order valence-electron chi connectivity index (χ1n) is 6.16. The zero-order valence-electron chi connectivity index (χ0n) is 9.61. The van der Waals surface area contributed by atoms with E-state index in [1.807, 2.05) is 0 Å². The number of carbonyl (C=O) groups excluding carboxylic acids is 1. The Labute approximate surface area is 99.2 Å². The van der Waals surface area contributed by atoms with Crippen LogP contribution in [0.1, 0.15) is 49.4 Å². The Morgan fingerprint density at radius 1 is 1.29 bits per heavy atom. The molecule has 1 amide bonds. The van der Waals surface area contributed by atoms with Crippen molar-refractivity contribution in [3.8, 4) is 0 Å². The Morgan fingerprint density at radius 2 is 2.12 bits per heavy atom. The van der Waals surface area contributed by atoms with E-state index < -0.39 is 0 Å². The number of rotatable bonds is 2. The summed E-state index contributed by atoms with van der Waals surface area (Å²) in [5.74, 6) is 1.89. The van der Waals surface area contributed by atoms with Gasteiger partial charge in [-0.2, -0.15) is 4.98 Å². The number of hydrogen-bond donors (Lipinski definition) is 2. The molecule has 1 saturated heterocycles. The van der Waals surface area contributed by atoms with Gasteiger partial charge in [0.05, 0.1) is 6.54 Å². The van der Waals surface area contributed by atoms with Crippen LogP contribution in [0.15, 0.2) is 4.52 Å². The van der Waals surface area contributed by atoms with Crippen molar-refractivity contribution in [2.24, 2.45) is 0 Å². The van der Waals surface area contributed by atoms with Gasteiger partial charge >= 0.3 is 0 Å². The molecule has 2 N–H and O–H groups in total. The third-order valence-corrected chi connectivity index (χ3v) is 3.49. The van der Waals surface area contributed by atoms with Gasteiger partial charge in [-0.3, -0.25) is 10.1 Å². The Morgan fingerprint density at radius 3 is 2.82 bits per heavy atom. The van der Waals surface area contributed by atoms with Crippen molar-refractivity contribution in [2.45, 2.75) is 37.6 Å². The van der Waals surface area contributed by atoms with Crippen LogP contribution < -0.4 is 10.6 Å². The molecule has 1 aromatic heterocycles. The van der Waals surface area contributed by atoms with Crippen LogP contribution in [0.5, 0.6) is 0 Å². The van der Waals surface area contributed by atoms with Gasteiger partial charge in [-0.1, -0.05) is 18.0 Å². The second-order valence-electron chi connectivity index (χ2n) is 4.71. The van der Waals surface area contributed by atoms with E-state index in [1.165, 1.54) is 12.8 Å². The summed E-state index contributed by atoms with van der Waals surface area (Å²) in [6.45, 7) is 0.830. The van der Waals surface area contributed by atoms with E-state index in [9.17, 15) is 4.79 Å². The Balaban J connectivity index is 1.69. The predicted octanol–water partition coefficient (Wildman–Crippen LogP) is 0.488. The normalized spacial score (nSPS) is 26.1. The van der Waals surface area contributed by atoms with Gasteiger partial charge in [0, 0.05) is 12.5 Å². The molecule has 92 valence electrons. The first-order valence-corrected chi connectivity index (χ1v) is 6.16. The minimum absolute atomic E-state index is 0.0109. The maximum absolute atomic E-state index is 11.0. The Hall–Kier alpha value is -1.43. The van der Waals surface area contributed by atoms with Gasteiger partial charge in [-0.25, -0.2) is 0 Å². The van der Waals surface area contributed by atoms with E-state index in [1.54, 1.807) is 0 Å². The fourth-order valence-electron chi connectivity index (χ4n) is 2.48. The van der Waals surface area contributed by atoms with Crippen molar-refractivity contribution in [1.82, 2.24) is 20.8 Å². The lowest BCUT2D eigenvalue weighted by atomic mass is 10.1. The number of aromatic nitrogens is 2. The molecule has 1 aliphatic carbocycles. The SMILES string of the molecule is O=C1CNC(c2nc(C3CCCC3)no2)CN1. The van der Waals surface area contributed by atoms with E-state index in [0.717, 1.165) is 18.7 Å². The summed E-state index contributed by atoms with van der Waals surface area (Å²) in [6, 6.07) is -0.0460. The molecular weight excluding hydrogens is 220 g/mol. The molecule has 0 aromatic carbocycles. The summed E-state index contributed by atoms with van der Waals surface area (Å²) in [4.78, 5) is 15.5. The maximum atomic E-state index is 11.0. The van der Waals surface area contributed by atoms with Crippen molar-refractivity contribution in [1.29, 1.82) is 0 Å². The number of amides is 1. The average molecular weight is 236 g/mol. The second-order valence-corrected chi connectivity index (χ2v) is 4.71. The summed E-state index contributed by atoms with van der Waals surface area (Å²) < 4.78 is 5.28. The van der Waals surface area contributed by atoms with Crippen molar-refractivity contribution in [3.05, 3.63) is 11.7 Å². The minimum atomic E-state index is -0.0460. The number of nitrogens with one attached hydrogen (secondary N) is 2. The summed E-state index contributed by atoms with van der Waals surface area (Å²) in [5, 5.41) is 9.91. The van der Waals surface area contributed by atoms with E-state index in [-0.39, 0.29) is 11.9 Å². The lowest BCUT2D eigenvalue weighted by molar-refractivity contribution is -0.121. The summed E-state index contributed by atoms with van der Waals surface area (Å²) in [6.07, 6.45) is 4.83. The largest absolute Gasteiger partial charge is 0.353 e. The average Bonchev–Trinajstić information content (AvgIpc) is 3.00. The topological polar surface area (TPSA) is 80.1 Å². The molecule has 2 heterocycles. The fourth-order valence-corrected chi connectivity index (χ4v) is 2.48. The van der Waals surface area contributed by atoms with Crippen LogP contribution in [0.25, 0.3) is 0 Å². The first kappa shape index (κ1) is 10.7. The molecule has 2 fully saturated rings. The molecule has 6 nitrogen and oxygen atoms in total. The van der Waals surface area contributed by atoms with Crippen molar-refractivity contribution >= 4 is 5.91 Å². The van der Waals surface area contributed by atoms with Crippen LogP contribution in [0.2, 0.25) is 0 Å². The standard InChI is InChI=1S/C11H16N4O2/c16-9-6-12-8(5-13-9)11-14-10(15-17-11)7-3-1-2-4-7/h7-8,12H,1-6H2,(H,13,16). The molecule has 1 aromatic rings. The van der Waals surface area contributed by atoms with Crippen LogP contribution in [-0.4, -0.2) is 29.1 Å². The lowest BCUT2D eigenvalue weighted by Gasteiger charge is -2.20. The van der Waals surface area contributed by atoms with E-state index in [0.29, 0.717) is 24.9 Å². The molecule has 1 atom stereocenters. The quantitative estimate of drug-likeness (QED) is 0.781. The minimum Gasteiger partial charge on any atom is -0.353 e. The number of nitrogens with zero attached hydrogens (tertiary/aromatic N) is 2. The summed E-state index contributed by atoms with van der Waals surface area (Å²) in [5.41, 5.74) is 0. The molecule has 6 heteroatoms. The highest BCUT2D eigenvalue weighted by molar-refractivity contribution is 5.78. The zero-order valence-corrected chi connectivity index (χ0v) is 9.61. The highest BCUT2D eigenvalue weighted by Crippen LogP contribution is 2.32. The van der Waals surface area contributed by atoms with Crippen molar-refractivity contribution in [3.63, 3.8) is 0 Å². The van der Waals surface area contributed by atoms with Gasteiger partial charge in [0.25, 0.3) is 0 Å². The molecule has 1 unspecified atom stereocenters. The monoisotopic (exact) mass is 236 g/mol. The van der Waals surface area contributed by atoms with E-state index in [2.05, 4.69) is 20.8 Å². The third kappa shape index (κ3) is 2.17. The number of hydrogen-bond acceptors (Lipinski definition) is 5. The van der Waals surface area contributed by atoms with E-state index in [4.69, 9.17) is 4.52 Å². The summed E-state index contributed by atoms with van der Waals surface area (Å²) in [7, 11) is 0. The molecule has 1 saturated carbocycles. The molecule has 0 radical (unpaired) electrons. The Bertz CT molecular complexity index is 401. The highest BCUT2D eigenvalue weighted by atomic mass is 16.5. The van der Waals surface area contributed by atoms with Crippen LogP contribution in [-0.2, 0) is 4.79 Å². The highest BCUT2D eigenvalue weighted by Gasteiger charge is 2.27. The molecule has 0 bridgehead atoms. The van der Waals surface area contributed by atoms with Crippen LogP contribution in [0.3, 0.4) is 0 Å². The van der Waals surface area contributed by atoms with Gasteiger partial charge in [-0.05, 0) is 12.8 Å². The second kappa shape index (κ2) is 4.44. The predicted molar refractivity (Wildman–Crippen MR) is 59.3 cm³/mol. The van der Waals surface area contributed by atoms with Gasteiger partial charge < -0.3 is 9.84 Å². The van der Waals surface area contributed by atoms with Gasteiger partial charge in [0.15, 0.2) is 5.82 Å². The molecular formula is C11H16N4O2. The number of piperazine rings is 1. The lowest BCUT2D eigenvalue weighted by Crippen LogP contribution is -2.47. The summed E-state index contributed by atoms with van der Waals surface area (Å²) >= 11 is 0. The Kier molecular flexibility index (Phi) is 2.80. The smallest absolute Gasteiger partial charge is 0.245 e. The molecule has 3 rings (SSSR count). The third-order valence-electron chi connectivity index (χ3n) is 3.49. The fraction of sp³-hybridized carbons (Fsp3) is 0.727. The van der Waals surface area contributed by atoms with E-state index >= 15 is 0 Å². The van der Waals surface area contributed by atoms with Gasteiger partial charge in [0.1, 0.15) is 6.04 Å². The van der Waals surface area contributed by atoms with Crippen molar-refractivity contribution in [2.75, 3.05) is 13.1 Å². The van der Waals surface area contributed by atoms with Crippen molar-refractivity contribution < 1.29 is 9.32 Å². The number of carbonyl (C=O) groups is 1. The zero-order chi connectivity index (χ0) is 11.7. The van der Waals surface area contributed by atoms with Crippen LogP contribution >= 0.6 is 0 Å². The van der Waals surface area contributed by atoms with Crippen LogP contribution in [0, 0.1) is 0 Å². The maximum Gasteiger partial charge on any atom is 0.245 e. The van der Waals surface area contributed by atoms with Crippen LogP contribution in [0.4, 0.5) is 0 Å². The van der Waals surface area contributed by atoms with Gasteiger partial charge in [-0.15, -0.1) is 0 Å². The molecule has 0 spiro atoms. The molecule has 17 heavy (non-hydrogen) atoms. The first-order chi connectivity index (χ1) is 8.33.